The summed E-state index contributed by atoms with van der Waals surface area (Å²) in [4.78, 5) is 11.5. The number of amidine groups is 1. The number of hydrogen-bond donors (Lipinski definition) is 2. The minimum Gasteiger partial charge on any atom is -0.390 e. The highest BCUT2D eigenvalue weighted by atomic mass is 19.3. The van der Waals surface area contributed by atoms with Crippen LogP contribution < -0.4 is 5.73 Å². The van der Waals surface area contributed by atoms with Gasteiger partial charge in [0.25, 0.3) is 0 Å². The van der Waals surface area contributed by atoms with Gasteiger partial charge in [-0.3, -0.25) is 9.56 Å². The zero-order chi connectivity index (χ0) is 13.3. The molecule has 2 rings (SSSR count). The molecular formula is C9H12F2N6O. The third-order valence-electron chi connectivity index (χ3n) is 2.56. The fourth-order valence-corrected chi connectivity index (χ4v) is 1.86. The van der Waals surface area contributed by atoms with Crippen molar-refractivity contribution in [1.82, 2.24) is 14.6 Å². The van der Waals surface area contributed by atoms with Crippen LogP contribution in [0.25, 0.3) is 0 Å². The number of nitrogens with zero attached hydrogens (tertiary/aromatic N) is 5. The molecule has 1 aliphatic heterocycles. The third-order valence-corrected chi connectivity index (χ3v) is 2.56. The summed E-state index contributed by atoms with van der Waals surface area (Å²) in [5.41, 5.74) is 5.79. The summed E-state index contributed by atoms with van der Waals surface area (Å²) in [6.45, 7) is -2.69. The van der Waals surface area contributed by atoms with Gasteiger partial charge in [0.1, 0.15) is 0 Å². The van der Waals surface area contributed by atoms with Crippen molar-refractivity contribution < 1.29 is 14.0 Å². The van der Waals surface area contributed by atoms with Crippen LogP contribution in [0.3, 0.4) is 0 Å². The normalized spacial score (nSPS) is 17.1. The first-order valence-electron chi connectivity index (χ1n) is 5.11. The first kappa shape index (κ1) is 12.6. The lowest BCUT2D eigenvalue weighted by Gasteiger charge is -2.10. The molecule has 0 amide bonds. The van der Waals surface area contributed by atoms with Crippen molar-refractivity contribution in [3.05, 3.63) is 17.2 Å². The largest absolute Gasteiger partial charge is 0.390 e. The molecule has 0 radical (unpaired) electrons. The first-order chi connectivity index (χ1) is 8.58. The predicted molar refractivity (Wildman–Crippen MR) is 59.7 cm³/mol. The zero-order valence-electron chi connectivity index (χ0n) is 9.59. The molecule has 0 saturated heterocycles. The van der Waals surface area contributed by atoms with Gasteiger partial charge in [-0.05, 0) is 0 Å². The van der Waals surface area contributed by atoms with Crippen molar-refractivity contribution in [2.24, 2.45) is 15.7 Å². The van der Waals surface area contributed by atoms with E-state index in [1.807, 2.05) is 0 Å². The second-order valence-corrected chi connectivity index (χ2v) is 3.62. The molecule has 0 spiro atoms. The molecule has 1 aromatic heterocycles. The van der Waals surface area contributed by atoms with Gasteiger partial charge in [-0.25, -0.2) is 9.98 Å². The van der Waals surface area contributed by atoms with Gasteiger partial charge in [0.15, 0.2) is 11.7 Å². The number of hydroxylamine groups is 2. The topological polar surface area (TPSA) is 92.0 Å². The molecule has 2 heterocycles. The maximum Gasteiger partial charge on any atom is 0.320 e. The van der Waals surface area contributed by atoms with Gasteiger partial charge >= 0.3 is 6.55 Å². The minimum atomic E-state index is -2.78. The summed E-state index contributed by atoms with van der Waals surface area (Å²) in [5, 5.41) is 10.2. The van der Waals surface area contributed by atoms with Gasteiger partial charge in [-0.2, -0.15) is 13.8 Å². The van der Waals surface area contributed by atoms with E-state index in [0.717, 1.165) is 11.4 Å². The predicted octanol–water partition coefficient (Wildman–Crippen LogP) is 0.346. The van der Waals surface area contributed by atoms with E-state index < -0.39 is 6.55 Å². The minimum absolute atomic E-state index is 0.00396. The van der Waals surface area contributed by atoms with Crippen molar-refractivity contribution in [2.45, 2.75) is 19.6 Å². The molecule has 0 unspecified atom stereocenters. The maximum atomic E-state index is 13.1. The molecule has 7 nitrogen and oxygen atoms in total. The Balaban J connectivity index is 2.53. The molecular weight excluding hydrogens is 246 g/mol. The first-order valence-corrected chi connectivity index (χ1v) is 5.11. The molecule has 3 N–H and O–H groups in total. The molecule has 0 aromatic carbocycles. The summed E-state index contributed by atoms with van der Waals surface area (Å²) >= 11 is 0. The number of alkyl halides is 2. The highest BCUT2D eigenvalue weighted by molar-refractivity contribution is 6.00. The lowest BCUT2D eigenvalue weighted by atomic mass is 10.4. The zero-order valence-corrected chi connectivity index (χ0v) is 9.59. The monoisotopic (exact) mass is 258 g/mol. The fourth-order valence-electron chi connectivity index (χ4n) is 1.86. The summed E-state index contributed by atoms with van der Waals surface area (Å²) in [5.74, 6) is -0.0241. The Bertz CT molecular complexity index is 509. The number of halogens is 2. The molecule has 18 heavy (non-hydrogen) atoms. The van der Waals surface area contributed by atoms with Crippen LogP contribution in [0, 0.1) is 0 Å². The van der Waals surface area contributed by atoms with E-state index >= 15 is 0 Å². The molecule has 0 atom stereocenters. The van der Waals surface area contributed by atoms with Crippen molar-refractivity contribution in [2.75, 3.05) is 7.05 Å². The fraction of sp³-hybridized carbons (Fsp3) is 0.444. The second-order valence-electron chi connectivity index (χ2n) is 3.62. The molecule has 98 valence electrons. The molecule has 0 aliphatic carbocycles. The Hall–Kier alpha value is -1.87. The molecule has 1 aromatic rings. The Morgan fingerprint density at radius 3 is 2.83 bits per heavy atom. The van der Waals surface area contributed by atoms with Crippen LogP contribution in [-0.2, 0) is 13.1 Å². The highest BCUT2D eigenvalue weighted by Crippen LogP contribution is 2.27. The van der Waals surface area contributed by atoms with Gasteiger partial charge in [0.2, 0.25) is 0 Å². The Kier molecular flexibility index (Phi) is 3.34. The number of aliphatic imine (C=N–C) groups is 2. The number of hydrogen-bond acceptors (Lipinski definition) is 4. The van der Waals surface area contributed by atoms with Crippen molar-refractivity contribution >= 4 is 12.2 Å². The van der Waals surface area contributed by atoms with Gasteiger partial charge in [-0.1, -0.05) is 0 Å². The summed E-state index contributed by atoms with van der Waals surface area (Å²) in [7, 11) is 1.41. The van der Waals surface area contributed by atoms with E-state index in [1.165, 1.54) is 7.05 Å². The molecule has 1 aliphatic rings. The second kappa shape index (κ2) is 4.78. The van der Waals surface area contributed by atoms with Gasteiger partial charge < -0.3 is 10.9 Å². The third kappa shape index (κ3) is 1.97. The molecule has 9 heteroatoms. The van der Waals surface area contributed by atoms with E-state index in [1.54, 1.807) is 0 Å². The van der Waals surface area contributed by atoms with E-state index in [9.17, 15) is 14.0 Å². The summed E-state index contributed by atoms with van der Waals surface area (Å²) in [6.07, 6.45) is 0.969. The van der Waals surface area contributed by atoms with Gasteiger partial charge in [-0.15, -0.1) is 0 Å². The van der Waals surface area contributed by atoms with Gasteiger partial charge in [0, 0.05) is 7.05 Å². The van der Waals surface area contributed by atoms with Crippen LogP contribution in [0.5, 0.6) is 0 Å². The lowest BCUT2D eigenvalue weighted by molar-refractivity contribution is -0.0996. The van der Waals surface area contributed by atoms with Crippen molar-refractivity contribution in [3.8, 4) is 0 Å². The van der Waals surface area contributed by atoms with Crippen LogP contribution in [0.15, 0.2) is 9.98 Å². The Morgan fingerprint density at radius 1 is 1.56 bits per heavy atom. The summed E-state index contributed by atoms with van der Waals surface area (Å²) in [6, 6.07) is 0. The smallest absolute Gasteiger partial charge is 0.320 e. The average Bonchev–Trinajstić information content (AvgIpc) is 2.80. The van der Waals surface area contributed by atoms with E-state index in [4.69, 9.17) is 5.73 Å². The van der Waals surface area contributed by atoms with Crippen LogP contribution in [-0.4, -0.2) is 39.0 Å². The lowest BCUT2D eigenvalue weighted by Crippen LogP contribution is -2.17. The number of nitrogens with two attached hydrogens (primary N) is 1. The molecule has 0 saturated carbocycles. The number of aromatic nitrogens is 2. The maximum absolute atomic E-state index is 13.1. The van der Waals surface area contributed by atoms with Crippen LogP contribution in [0.4, 0.5) is 8.78 Å². The van der Waals surface area contributed by atoms with Crippen molar-refractivity contribution in [3.63, 3.8) is 0 Å². The Labute approximate surface area is 101 Å². The molecule has 0 fully saturated rings. The standard InChI is InChI=1S/C9H12F2N6O/c1-13-7(14-4-12)8-15-5-2-16(18)3-6(5)17(8)9(10)11/h4,9,18H,2-3H2,1H3,(H2,12,13,14). The van der Waals surface area contributed by atoms with Crippen molar-refractivity contribution in [1.29, 1.82) is 0 Å². The van der Waals surface area contributed by atoms with E-state index in [0.29, 0.717) is 10.3 Å². The Morgan fingerprint density at radius 2 is 2.28 bits per heavy atom. The average molecular weight is 258 g/mol. The number of imidazole rings is 1. The number of fused-ring (bicyclic) bond motifs is 1. The van der Waals surface area contributed by atoms with Crippen LogP contribution in [0.2, 0.25) is 0 Å². The SMILES string of the molecule is CN=C(N=CN)c1nc2c(n1C(F)F)CN(O)C2. The highest BCUT2D eigenvalue weighted by Gasteiger charge is 2.30. The number of rotatable bonds is 2. The van der Waals surface area contributed by atoms with Crippen LogP contribution in [0.1, 0.15) is 23.8 Å². The van der Waals surface area contributed by atoms with E-state index in [2.05, 4.69) is 15.0 Å². The van der Waals surface area contributed by atoms with E-state index in [-0.39, 0.29) is 30.4 Å². The van der Waals surface area contributed by atoms with Gasteiger partial charge in [0.05, 0.1) is 30.8 Å². The van der Waals surface area contributed by atoms with Crippen LogP contribution >= 0.6 is 0 Å². The molecule has 0 bridgehead atoms. The summed E-state index contributed by atoms with van der Waals surface area (Å²) < 4.78 is 26.8. The quantitative estimate of drug-likeness (QED) is 0.591.